The maximum Gasteiger partial charge on any atom is 0.306 e. The van der Waals surface area contributed by atoms with Crippen LogP contribution in [-0.2, 0) is 19.3 Å². The highest BCUT2D eigenvalue weighted by atomic mass is 17.2. The van der Waals surface area contributed by atoms with Crippen molar-refractivity contribution >= 4 is 12.3 Å². The zero-order valence-corrected chi connectivity index (χ0v) is 24.3. The van der Waals surface area contributed by atoms with Gasteiger partial charge in [-0.2, -0.15) is 5.48 Å². The summed E-state index contributed by atoms with van der Waals surface area (Å²) in [4.78, 5) is 28.7. The van der Waals surface area contributed by atoms with Gasteiger partial charge in [0.15, 0.2) is 0 Å². The Morgan fingerprint density at radius 1 is 1.00 bits per heavy atom. The first-order valence-corrected chi connectivity index (χ1v) is 15.2. The lowest BCUT2D eigenvalue weighted by Crippen LogP contribution is -2.65. The summed E-state index contributed by atoms with van der Waals surface area (Å²) in [6.45, 7) is 15.1. The number of hydrogen-bond acceptors (Lipinski definition) is 6. The average molecular weight is 520 g/mol. The molecule has 4 rings (SSSR count). The van der Waals surface area contributed by atoms with Crippen LogP contribution in [0.1, 0.15) is 119 Å². The van der Waals surface area contributed by atoms with E-state index in [1.165, 1.54) is 44.8 Å². The molecule has 4 aliphatic carbocycles. The van der Waals surface area contributed by atoms with E-state index in [0.29, 0.717) is 54.4 Å². The molecule has 0 aromatic heterocycles. The van der Waals surface area contributed by atoms with Crippen LogP contribution < -0.4 is 5.48 Å². The lowest BCUT2D eigenvalue weighted by molar-refractivity contribution is -0.291. The van der Waals surface area contributed by atoms with Crippen molar-refractivity contribution in [1.29, 1.82) is 0 Å². The highest BCUT2D eigenvalue weighted by Gasteiger charge is 2.68. The van der Waals surface area contributed by atoms with Gasteiger partial charge in [0.1, 0.15) is 12.4 Å². The van der Waals surface area contributed by atoms with Crippen LogP contribution in [0.5, 0.6) is 0 Å². The minimum Gasteiger partial charge on any atom is -0.462 e. The van der Waals surface area contributed by atoms with Gasteiger partial charge in [-0.25, -0.2) is 5.26 Å². The highest BCUT2D eigenvalue weighted by molar-refractivity contribution is 5.69. The van der Waals surface area contributed by atoms with E-state index in [-0.39, 0.29) is 28.3 Å². The van der Waals surface area contributed by atoms with Gasteiger partial charge in [-0.15, -0.1) is 4.99 Å². The molecule has 4 aliphatic rings. The fourth-order valence-corrected chi connectivity index (χ4v) is 10.6. The average Bonchev–Trinajstić information content (AvgIpc) is 2.86. The van der Waals surface area contributed by atoms with Gasteiger partial charge in [-0.05, 0) is 110 Å². The SMILES string of the molecule is CCCC1C2CCC3C4(C)CCC(OC(=O)CCCNOO)C(C)C4CCC3(C)[C@]2(C)CCC1(C)C=O. The number of aldehydes is 1. The molecule has 6 heteroatoms. The number of ether oxygens (including phenoxy) is 1. The van der Waals surface area contributed by atoms with Crippen molar-refractivity contribution in [3.8, 4) is 0 Å². The summed E-state index contributed by atoms with van der Waals surface area (Å²) in [7, 11) is 0. The number of carbonyl (C=O) groups is 2. The molecule has 0 saturated heterocycles. The summed E-state index contributed by atoms with van der Waals surface area (Å²) in [5.41, 5.74) is 3.05. The summed E-state index contributed by atoms with van der Waals surface area (Å²) >= 11 is 0. The smallest absolute Gasteiger partial charge is 0.306 e. The van der Waals surface area contributed by atoms with E-state index in [9.17, 15) is 9.59 Å². The largest absolute Gasteiger partial charge is 0.462 e. The van der Waals surface area contributed by atoms with Crippen molar-refractivity contribution in [3.63, 3.8) is 0 Å². The number of fused-ring (bicyclic) bond motifs is 5. The molecule has 0 aromatic rings. The second-order valence-electron chi connectivity index (χ2n) is 14.3. The summed E-state index contributed by atoms with van der Waals surface area (Å²) in [6.07, 6.45) is 13.8. The van der Waals surface area contributed by atoms with Crippen molar-refractivity contribution < 1.29 is 24.6 Å². The maximum absolute atomic E-state index is 12.5. The minimum atomic E-state index is -0.165. The Labute approximate surface area is 224 Å². The standard InChI is InChI=1S/C31H53NO5/c1-7-9-23-24-11-12-26-29(4)15-14-25(36-27(34)10-8-19-32-37-35)21(2)22(29)13-16-31(26,6)30(24,5)18-17-28(23,3)20-33/h20-26,32,35H,7-19H2,1-6H3/t21?,22?,23?,24?,25?,26?,28?,29?,30-,31?/m1/s1. The van der Waals surface area contributed by atoms with Gasteiger partial charge in [-0.3, -0.25) is 4.79 Å². The lowest BCUT2D eigenvalue weighted by Gasteiger charge is -2.71. The topological polar surface area (TPSA) is 84.9 Å². The molecule has 6 nitrogen and oxygen atoms in total. The number of nitrogens with one attached hydrogen (secondary N) is 1. The summed E-state index contributed by atoms with van der Waals surface area (Å²) in [5, 5.41) is 8.37. The third-order valence-electron chi connectivity index (χ3n) is 12.9. The number of hydrogen-bond donors (Lipinski definition) is 2. The van der Waals surface area contributed by atoms with Crippen LogP contribution in [0.3, 0.4) is 0 Å². The number of esters is 1. The molecule has 10 atom stereocenters. The molecule has 4 saturated carbocycles. The van der Waals surface area contributed by atoms with Gasteiger partial charge in [0.05, 0.1) is 0 Å². The number of carbonyl (C=O) groups excluding carboxylic acids is 2. The molecule has 2 N–H and O–H groups in total. The van der Waals surface area contributed by atoms with Crippen molar-refractivity contribution in [2.24, 2.45) is 51.2 Å². The first-order chi connectivity index (χ1) is 17.5. The fourth-order valence-electron chi connectivity index (χ4n) is 10.6. The third-order valence-corrected chi connectivity index (χ3v) is 12.9. The second-order valence-corrected chi connectivity index (χ2v) is 14.3. The predicted octanol–water partition coefficient (Wildman–Crippen LogP) is 6.97. The van der Waals surface area contributed by atoms with E-state index in [1.807, 2.05) is 0 Å². The van der Waals surface area contributed by atoms with Crippen LogP contribution in [0.15, 0.2) is 0 Å². The maximum atomic E-state index is 12.5. The zero-order valence-electron chi connectivity index (χ0n) is 24.3. The van der Waals surface area contributed by atoms with Crippen LogP contribution in [0.25, 0.3) is 0 Å². The van der Waals surface area contributed by atoms with Gasteiger partial charge in [0.2, 0.25) is 0 Å². The van der Waals surface area contributed by atoms with Crippen molar-refractivity contribution in [2.45, 2.75) is 125 Å². The predicted molar refractivity (Wildman–Crippen MR) is 144 cm³/mol. The molecule has 212 valence electrons. The molecule has 4 fully saturated rings. The highest BCUT2D eigenvalue weighted by Crippen LogP contribution is 2.74. The van der Waals surface area contributed by atoms with Crippen LogP contribution in [-0.4, -0.2) is 30.2 Å². The molecule has 0 amide bonds. The van der Waals surface area contributed by atoms with Gasteiger partial charge in [0.25, 0.3) is 0 Å². The Morgan fingerprint density at radius 2 is 1.76 bits per heavy atom. The Kier molecular flexibility index (Phi) is 8.54. The molecule has 0 bridgehead atoms. The van der Waals surface area contributed by atoms with Crippen LogP contribution >= 0.6 is 0 Å². The Balaban J connectivity index is 1.51. The van der Waals surface area contributed by atoms with Crippen LogP contribution in [0.4, 0.5) is 0 Å². The molecule has 9 unspecified atom stereocenters. The number of hydroxylamine groups is 1. The van der Waals surface area contributed by atoms with E-state index in [2.05, 4.69) is 52.0 Å². The van der Waals surface area contributed by atoms with E-state index in [0.717, 1.165) is 25.7 Å². The second kappa shape index (κ2) is 10.9. The van der Waals surface area contributed by atoms with Gasteiger partial charge in [-0.1, -0.05) is 48.0 Å². The van der Waals surface area contributed by atoms with E-state index in [1.54, 1.807) is 0 Å². The quantitative estimate of drug-likeness (QED) is 0.112. The van der Waals surface area contributed by atoms with E-state index >= 15 is 0 Å². The van der Waals surface area contributed by atoms with E-state index in [4.69, 9.17) is 9.99 Å². The molecule has 0 aliphatic heterocycles. The number of rotatable bonds is 9. The zero-order chi connectivity index (χ0) is 27.1. The molecule has 0 radical (unpaired) electrons. The van der Waals surface area contributed by atoms with Crippen LogP contribution in [0, 0.1) is 51.2 Å². The first-order valence-electron chi connectivity index (χ1n) is 15.2. The monoisotopic (exact) mass is 519 g/mol. The van der Waals surface area contributed by atoms with Crippen molar-refractivity contribution in [2.75, 3.05) is 6.54 Å². The molecule has 0 spiro atoms. The van der Waals surface area contributed by atoms with E-state index < -0.39 is 0 Å². The lowest BCUT2D eigenvalue weighted by atomic mass is 9.33. The third kappa shape index (κ3) is 4.71. The van der Waals surface area contributed by atoms with Crippen LogP contribution in [0.2, 0.25) is 0 Å². The minimum absolute atomic E-state index is 0.000761. The molecule has 37 heavy (non-hydrogen) atoms. The first kappa shape index (κ1) is 29.0. The van der Waals surface area contributed by atoms with Gasteiger partial charge in [0, 0.05) is 18.4 Å². The molecular weight excluding hydrogens is 466 g/mol. The normalized spacial score (nSPS) is 47.3. The Morgan fingerprint density at radius 3 is 2.43 bits per heavy atom. The Bertz CT molecular complexity index is 834. The summed E-state index contributed by atoms with van der Waals surface area (Å²) in [5.74, 6) is 2.64. The van der Waals surface area contributed by atoms with Crippen molar-refractivity contribution in [1.82, 2.24) is 5.48 Å². The van der Waals surface area contributed by atoms with Crippen molar-refractivity contribution in [3.05, 3.63) is 0 Å². The molecular formula is C31H53NO5. The molecule has 0 heterocycles. The Hall–Kier alpha value is -0.980. The summed E-state index contributed by atoms with van der Waals surface area (Å²) in [6, 6.07) is 0. The fraction of sp³-hybridized carbons (Fsp3) is 0.935. The summed E-state index contributed by atoms with van der Waals surface area (Å²) < 4.78 is 6.02. The van der Waals surface area contributed by atoms with Gasteiger partial charge < -0.3 is 9.53 Å². The molecule has 0 aromatic carbocycles. The van der Waals surface area contributed by atoms with Gasteiger partial charge >= 0.3 is 5.97 Å².